The van der Waals surface area contributed by atoms with Gasteiger partial charge >= 0.3 is 17.1 Å². The molecule has 0 N–H and O–H groups in total. The van der Waals surface area contributed by atoms with Gasteiger partial charge in [0.25, 0.3) is 0 Å². The van der Waals surface area contributed by atoms with E-state index in [4.69, 9.17) is 4.74 Å². The van der Waals surface area contributed by atoms with Crippen LogP contribution in [0, 0.1) is 0 Å². The number of epoxide rings is 1. The molecule has 7 nitrogen and oxygen atoms in total. The third kappa shape index (κ3) is 6.13. The molecule has 2 aromatic rings. The summed E-state index contributed by atoms with van der Waals surface area (Å²) in [7, 11) is -3.05. The van der Waals surface area contributed by atoms with Gasteiger partial charge in [-0.05, 0) is 12.8 Å². The van der Waals surface area contributed by atoms with Gasteiger partial charge in [0.2, 0.25) is 0 Å². The number of unbranched alkanes of at least 4 members (excludes halogenated alkanes) is 1. The monoisotopic (exact) mass is 489 g/mol. The fourth-order valence-electron chi connectivity index (χ4n) is 4.16. The molecule has 1 aliphatic rings. The van der Waals surface area contributed by atoms with Gasteiger partial charge in [-0.1, -0.05) is 86.8 Å². The van der Waals surface area contributed by atoms with Crippen LogP contribution in [-0.2, 0) is 24.4 Å². The van der Waals surface area contributed by atoms with Gasteiger partial charge in [0.15, 0.2) is 0 Å². The lowest BCUT2D eigenvalue weighted by atomic mass is 10.3. The zero-order valence-corrected chi connectivity index (χ0v) is 23.0. The molecule has 0 radical (unpaired) electrons. The molecular weight excluding hydrogens is 450 g/mol. The molecule has 0 saturated carbocycles. The highest BCUT2D eigenvalue weighted by Gasteiger charge is 2.27. The second-order valence-corrected chi connectivity index (χ2v) is 20.8. The molecule has 3 rings (SSSR count). The van der Waals surface area contributed by atoms with E-state index in [1.165, 1.54) is 24.1 Å². The topological polar surface area (TPSA) is 78.5 Å². The number of benzene rings is 1. The molecule has 1 aromatic heterocycles. The summed E-state index contributed by atoms with van der Waals surface area (Å²) in [6, 6.07) is 10.1. The quantitative estimate of drug-likeness (QED) is 0.357. The van der Waals surface area contributed by atoms with E-state index in [0.717, 1.165) is 25.3 Å². The summed E-state index contributed by atoms with van der Waals surface area (Å²) in [5.41, 5.74) is -1.50. The van der Waals surface area contributed by atoms with Crippen molar-refractivity contribution in [3.05, 3.63) is 55.7 Å². The lowest BCUT2D eigenvalue weighted by Gasteiger charge is -2.25. The van der Waals surface area contributed by atoms with Crippen molar-refractivity contribution < 1.29 is 4.74 Å². The Morgan fingerprint density at radius 1 is 0.818 bits per heavy atom. The van der Waals surface area contributed by atoms with Crippen LogP contribution in [-0.4, -0.2) is 42.6 Å². The molecule has 0 bridgehead atoms. The van der Waals surface area contributed by atoms with E-state index in [1.807, 2.05) is 6.92 Å². The van der Waals surface area contributed by atoms with Crippen LogP contribution < -0.4 is 27.4 Å². The van der Waals surface area contributed by atoms with E-state index in [1.54, 1.807) is 0 Å². The SMILES string of the molecule is CCCCn1c(=O)n(CCC[Si](C)(C)c2ccc([Si](C)(C)C)cc2)c(=O)n(CC2CO2)c1=O. The maximum atomic E-state index is 13.0. The van der Waals surface area contributed by atoms with Crippen LogP contribution in [0.5, 0.6) is 0 Å². The minimum Gasteiger partial charge on any atom is -0.371 e. The fraction of sp³-hybridized carbons (Fsp3) is 0.625. The van der Waals surface area contributed by atoms with Gasteiger partial charge < -0.3 is 4.74 Å². The van der Waals surface area contributed by atoms with Crippen LogP contribution in [0.2, 0.25) is 38.8 Å². The summed E-state index contributed by atoms with van der Waals surface area (Å²) in [5, 5.41) is 2.85. The minimum absolute atomic E-state index is 0.105. The molecule has 1 aromatic carbocycles. The van der Waals surface area contributed by atoms with E-state index < -0.39 is 33.2 Å². The van der Waals surface area contributed by atoms with Gasteiger partial charge in [-0.25, -0.2) is 28.1 Å². The van der Waals surface area contributed by atoms with Crippen LogP contribution >= 0.6 is 0 Å². The van der Waals surface area contributed by atoms with Gasteiger partial charge in [0.05, 0.1) is 35.4 Å². The summed E-state index contributed by atoms with van der Waals surface area (Å²) in [5.74, 6) is 0. The van der Waals surface area contributed by atoms with Gasteiger partial charge in [0.1, 0.15) is 0 Å². The van der Waals surface area contributed by atoms with Crippen LogP contribution in [0.3, 0.4) is 0 Å². The van der Waals surface area contributed by atoms with Crippen molar-refractivity contribution in [2.75, 3.05) is 6.61 Å². The molecule has 1 unspecified atom stereocenters. The highest BCUT2D eigenvalue weighted by atomic mass is 28.3. The lowest BCUT2D eigenvalue weighted by molar-refractivity contribution is 0.356. The van der Waals surface area contributed by atoms with Crippen molar-refractivity contribution in [1.29, 1.82) is 0 Å². The smallest absolute Gasteiger partial charge is 0.336 e. The second kappa shape index (κ2) is 10.1. The van der Waals surface area contributed by atoms with E-state index in [2.05, 4.69) is 57.0 Å². The van der Waals surface area contributed by atoms with Crippen LogP contribution in [0.1, 0.15) is 26.2 Å². The van der Waals surface area contributed by atoms with Crippen molar-refractivity contribution in [1.82, 2.24) is 13.7 Å². The Morgan fingerprint density at radius 3 is 1.79 bits per heavy atom. The van der Waals surface area contributed by atoms with Crippen molar-refractivity contribution in [2.45, 2.75) is 90.7 Å². The molecular formula is C24H39N3O4Si2. The Labute approximate surface area is 198 Å². The van der Waals surface area contributed by atoms with Gasteiger partial charge in [-0.15, -0.1) is 0 Å². The first kappa shape index (κ1) is 25.6. The predicted molar refractivity (Wildman–Crippen MR) is 140 cm³/mol. The van der Waals surface area contributed by atoms with E-state index in [0.29, 0.717) is 19.7 Å². The Kier molecular flexibility index (Phi) is 7.85. The molecule has 33 heavy (non-hydrogen) atoms. The van der Waals surface area contributed by atoms with Gasteiger partial charge in [0, 0.05) is 13.1 Å². The Bertz CT molecular complexity index is 1140. The Morgan fingerprint density at radius 2 is 1.30 bits per heavy atom. The number of hydrogen-bond donors (Lipinski definition) is 0. The molecule has 0 amide bonds. The number of hydrogen-bond acceptors (Lipinski definition) is 4. The highest BCUT2D eigenvalue weighted by molar-refractivity contribution is 6.90. The summed E-state index contributed by atoms with van der Waals surface area (Å²) < 4.78 is 8.91. The molecule has 182 valence electrons. The predicted octanol–water partition coefficient (Wildman–Crippen LogP) is 1.92. The van der Waals surface area contributed by atoms with Gasteiger partial charge in [-0.3, -0.25) is 0 Å². The van der Waals surface area contributed by atoms with Gasteiger partial charge in [-0.2, -0.15) is 0 Å². The Hall–Kier alpha value is -1.98. The first-order valence-electron chi connectivity index (χ1n) is 12.1. The highest BCUT2D eigenvalue weighted by Crippen LogP contribution is 2.14. The van der Waals surface area contributed by atoms with Crippen LogP contribution in [0.4, 0.5) is 0 Å². The fourth-order valence-corrected chi connectivity index (χ4v) is 7.73. The van der Waals surface area contributed by atoms with E-state index in [9.17, 15) is 14.4 Å². The number of ether oxygens (including phenoxy) is 1. The second-order valence-electron chi connectivity index (χ2n) is 10.9. The average Bonchev–Trinajstić information content (AvgIpc) is 3.57. The molecule has 1 fully saturated rings. The maximum absolute atomic E-state index is 13.0. The number of aromatic nitrogens is 3. The standard InChI is InChI=1S/C24H39N3O4Si2/c1-7-8-14-25-22(28)26(24(30)27(23(25)29)17-19-18-31-19)15-9-16-33(5,6)21-12-10-20(11-13-21)32(2,3)4/h10-13,19H,7-9,14-18H2,1-6H3. The van der Waals surface area contributed by atoms with E-state index >= 15 is 0 Å². The zero-order valence-electron chi connectivity index (χ0n) is 21.0. The summed E-state index contributed by atoms with van der Waals surface area (Å²) >= 11 is 0. The van der Waals surface area contributed by atoms with Crippen LogP contribution in [0.15, 0.2) is 38.6 Å². The molecule has 0 aliphatic carbocycles. The molecule has 1 aliphatic heterocycles. The molecule has 0 spiro atoms. The normalized spacial score (nSPS) is 16.2. The third-order valence-corrected chi connectivity index (χ3v) is 12.2. The Balaban J connectivity index is 1.80. The number of nitrogens with zero attached hydrogens (tertiary/aromatic N) is 3. The first-order valence-corrected chi connectivity index (χ1v) is 18.8. The summed E-state index contributed by atoms with van der Waals surface area (Å²) in [6.07, 6.45) is 2.22. The van der Waals surface area contributed by atoms with Crippen LogP contribution in [0.25, 0.3) is 0 Å². The minimum atomic E-state index is -1.72. The maximum Gasteiger partial charge on any atom is 0.336 e. The lowest BCUT2D eigenvalue weighted by Crippen LogP contribution is -2.55. The molecule has 9 heteroatoms. The van der Waals surface area contributed by atoms with Crippen molar-refractivity contribution in [3.8, 4) is 0 Å². The summed E-state index contributed by atoms with van der Waals surface area (Å²) in [4.78, 5) is 38.9. The van der Waals surface area contributed by atoms with Crippen molar-refractivity contribution in [3.63, 3.8) is 0 Å². The molecule has 1 saturated heterocycles. The number of rotatable bonds is 11. The first-order chi connectivity index (χ1) is 15.5. The largest absolute Gasteiger partial charge is 0.371 e. The van der Waals surface area contributed by atoms with E-state index in [-0.39, 0.29) is 12.6 Å². The van der Waals surface area contributed by atoms with Crippen molar-refractivity contribution >= 4 is 26.5 Å². The summed E-state index contributed by atoms with van der Waals surface area (Å²) in [6.45, 7) is 15.2. The molecule has 1 atom stereocenters. The average molecular weight is 490 g/mol. The molecule has 2 heterocycles. The van der Waals surface area contributed by atoms with Crippen molar-refractivity contribution in [2.24, 2.45) is 0 Å². The zero-order chi connectivity index (χ0) is 24.4. The third-order valence-electron chi connectivity index (χ3n) is 6.63.